The summed E-state index contributed by atoms with van der Waals surface area (Å²) in [5.74, 6) is -0.632. The van der Waals surface area contributed by atoms with E-state index in [-0.39, 0.29) is 5.69 Å². The maximum Gasteiger partial charge on any atom is 0.356 e. The number of carboxylic acid groups (broad SMARTS) is 1. The molecular formula is C12H7ClN4O2. The molecule has 6 nitrogen and oxygen atoms in total. The Balaban J connectivity index is 2.21. The highest BCUT2D eigenvalue weighted by atomic mass is 35.5. The van der Waals surface area contributed by atoms with E-state index in [9.17, 15) is 4.79 Å². The van der Waals surface area contributed by atoms with Gasteiger partial charge in [-0.2, -0.15) is 9.61 Å². The van der Waals surface area contributed by atoms with E-state index in [2.05, 4.69) is 15.3 Å². The summed E-state index contributed by atoms with van der Waals surface area (Å²) in [5, 5.41) is 21.5. The van der Waals surface area contributed by atoms with Crippen LogP contribution in [0.15, 0.2) is 36.4 Å². The molecule has 0 saturated heterocycles. The monoisotopic (exact) mass is 274 g/mol. The van der Waals surface area contributed by atoms with E-state index in [0.29, 0.717) is 16.5 Å². The van der Waals surface area contributed by atoms with E-state index in [1.54, 1.807) is 30.3 Å². The average molecular weight is 275 g/mol. The Morgan fingerprint density at radius 3 is 2.53 bits per heavy atom. The zero-order chi connectivity index (χ0) is 13.4. The molecule has 7 heteroatoms. The van der Waals surface area contributed by atoms with Crippen molar-refractivity contribution in [2.45, 2.75) is 0 Å². The van der Waals surface area contributed by atoms with Crippen molar-refractivity contribution in [3.63, 3.8) is 0 Å². The second kappa shape index (κ2) is 4.33. The summed E-state index contributed by atoms with van der Waals surface area (Å²) in [5.41, 5.74) is 1.17. The van der Waals surface area contributed by atoms with Gasteiger partial charge >= 0.3 is 5.97 Å². The van der Waals surface area contributed by atoms with Crippen LogP contribution in [0.1, 0.15) is 10.5 Å². The zero-order valence-electron chi connectivity index (χ0n) is 9.49. The molecule has 0 atom stereocenters. The predicted molar refractivity (Wildman–Crippen MR) is 68.2 cm³/mol. The lowest BCUT2D eigenvalue weighted by molar-refractivity contribution is 0.0689. The Morgan fingerprint density at radius 2 is 1.84 bits per heavy atom. The average Bonchev–Trinajstić information content (AvgIpc) is 2.82. The highest BCUT2D eigenvalue weighted by Crippen LogP contribution is 2.20. The molecule has 2 aromatic heterocycles. The first-order valence-electron chi connectivity index (χ1n) is 5.37. The fraction of sp³-hybridized carbons (Fsp3) is 0. The van der Waals surface area contributed by atoms with Crippen LogP contribution in [0.2, 0.25) is 5.02 Å². The molecule has 3 rings (SSSR count). The molecule has 0 amide bonds. The molecule has 0 aliphatic carbocycles. The maximum atomic E-state index is 10.9. The third-order valence-corrected chi connectivity index (χ3v) is 2.84. The van der Waals surface area contributed by atoms with Gasteiger partial charge in [0.15, 0.2) is 17.2 Å². The number of benzene rings is 1. The second-order valence-electron chi connectivity index (χ2n) is 3.82. The molecule has 0 saturated carbocycles. The summed E-state index contributed by atoms with van der Waals surface area (Å²) < 4.78 is 1.40. The fourth-order valence-corrected chi connectivity index (χ4v) is 1.81. The Bertz CT molecular complexity index is 767. The van der Waals surface area contributed by atoms with Crippen LogP contribution in [0.4, 0.5) is 0 Å². The van der Waals surface area contributed by atoms with Crippen molar-refractivity contribution in [3.8, 4) is 11.4 Å². The molecule has 19 heavy (non-hydrogen) atoms. The molecule has 0 spiro atoms. The number of aromatic nitrogens is 4. The molecule has 1 aromatic carbocycles. The van der Waals surface area contributed by atoms with Gasteiger partial charge in [0.2, 0.25) is 0 Å². The van der Waals surface area contributed by atoms with Crippen molar-refractivity contribution in [2.24, 2.45) is 0 Å². The van der Waals surface area contributed by atoms with Crippen molar-refractivity contribution in [3.05, 3.63) is 47.1 Å². The minimum Gasteiger partial charge on any atom is -0.476 e. The van der Waals surface area contributed by atoms with Crippen molar-refractivity contribution < 1.29 is 9.90 Å². The van der Waals surface area contributed by atoms with Crippen molar-refractivity contribution in [1.29, 1.82) is 0 Å². The van der Waals surface area contributed by atoms with Crippen molar-refractivity contribution >= 4 is 23.2 Å². The number of fused-ring (bicyclic) bond motifs is 1. The SMILES string of the molecule is O=C(O)c1ccc2nnc(-c3ccc(Cl)cc3)n2n1. The van der Waals surface area contributed by atoms with Gasteiger partial charge in [-0.05, 0) is 36.4 Å². The topological polar surface area (TPSA) is 80.4 Å². The standard InChI is InChI=1S/C12H7ClN4O2/c13-8-3-1-7(2-4-8)11-15-14-10-6-5-9(12(18)19)16-17(10)11/h1-6H,(H,18,19). The molecule has 0 bridgehead atoms. The van der Waals surface area contributed by atoms with Crippen LogP contribution < -0.4 is 0 Å². The van der Waals surface area contributed by atoms with Crippen LogP contribution in [0.25, 0.3) is 17.0 Å². The van der Waals surface area contributed by atoms with Gasteiger partial charge in [-0.15, -0.1) is 10.2 Å². The summed E-state index contributed by atoms with van der Waals surface area (Å²) in [6.45, 7) is 0. The number of nitrogens with zero attached hydrogens (tertiary/aromatic N) is 4. The molecule has 0 unspecified atom stereocenters. The molecule has 2 heterocycles. The normalized spacial score (nSPS) is 10.8. The lowest BCUT2D eigenvalue weighted by Crippen LogP contribution is -2.05. The van der Waals surface area contributed by atoms with E-state index in [0.717, 1.165) is 5.56 Å². The number of rotatable bonds is 2. The molecule has 0 radical (unpaired) electrons. The second-order valence-corrected chi connectivity index (χ2v) is 4.26. The van der Waals surface area contributed by atoms with E-state index < -0.39 is 5.97 Å². The lowest BCUT2D eigenvalue weighted by Gasteiger charge is -2.00. The van der Waals surface area contributed by atoms with Crippen LogP contribution in [0.5, 0.6) is 0 Å². The number of carboxylic acids is 1. The number of aromatic carboxylic acids is 1. The summed E-state index contributed by atoms with van der Waals surface area (Å²) in [6, 6.07) is 9.93. The smallest absolute Gasteiger partial charge is 0.356 e. The molecule has 3 aromatic rings. The van der Waals surface area contributed by atoms with Crippen LogP contribution in [0, 0.1) is 0 Å². The van der Waals surface area contributed by atoms with Gasteiger partial charge in [0.05, 0.1) is 0 Å². The minimum atomic E-state index is -1.10. The maximum absolute atomic E-state index is 10.9. The largest absolute Gasteiger partial charge is 0.476 e. The van der Waals surface area contributed by atoms with E-state index in [4.69, 9.17) is 16.7 Å². The third-order valence-electron chi connectivity index (χ3n) is 2.58. The first-order chi connectivity index (χ1) is 9.15. The Kier molecular flexibility index (Phi) is 2.64. The summed E-state index contributed by atoms with van der Waals surface area (Å²) in [4.78, 5) is 10.9. The molecule has 94 valence electrons. The van der Waals surface area contributed by atoms with E-state index >= 15 is 0 Å². The highest BCUT2D eigenvalue weighted by molar-refractivity contribution is 6.30. The number of carbonyl (C=O) groups is 1. The van der Waals surface area contributed by atoms with Crippen molar-refractivity contribution in [2.75, 3.05) is 0 Å². The molecule has 0 fully saturated rings. The third kappa shape index (κ3) is 2.02. The quantitative estimate of drug-likeness (QED) is 0.774. The predicted octanol–water partition coefficient (Wildman–Crippen LogP) is 2.14. The van der Waals surface area contributed by atoms with Gasteiger partial charge in [0, 0.05) is 10.6 Å². The van der Waals surface area contributed by atoms with Crippen LogP contribution in [0.3, 0.4) is 0 Å². The molecule has 0 aliphatic heterocycles. The lowest BCUT2D eigenvalue weighted by atomic mass is 10.2. The van der Waals surface area contributed by atoms with Gasteiger partial charge in [-0.3, -0.25) is 0 Å². The summed E-state index contributed by atoms with van der Waals surface area (Å²) in [7, 11) is 0. The molecule has 0 aliphatic rings. The van der Waals surface area contributed by atoms with Gasteiger partial charge in [-0.25, -0.2) is 4.79 Å². The number of hydrogen-bond donors (Lipinski definition) is 1. The van der Waals surface area contributed by atoms with Gasteiger partial charge in [0.1, 0.15) is 0 Å². The Morgan fingerprint density at radius 1 is 1.11 bits per heavy atom. The number of hydrogen-bond acceptors (Lipinski definition) is 4. The molecular weight excluding hydrogens is 268 g/mol. The molecule has 1 N–H and O–H groups in total. The highest BCUT2D eigenvalue weighted by Gasteiger charge is 2.12. The van der Waals surface area contributed by atoms with Gasteiger partial charge < -0.3 is 5.11 Å². The van der Waals surface area contributed by atoms with Crippen LogP contribution in [-0.2, 0) is 0 Å². The van der Waals surface area contributed by atoms with Gasteiger partial charge in [0.25, 0.3) is 0 Å². The Hall–Kier alpha value is -2.47. The van der Waals surface area contributed by atoms with E-state index in [1.165, 1.54) is 10.6 Å². The minimum absolute atomic E-state index is 0.0671. The van der Waals surface area contributed by atoms with Crippen LogP contribution in [-0.4, -0.2) is 30.9 Å². The van der Waals surface area contributed by atoms with Crippen molar-refractivity contribution in [1.82, 2.24) is 19.8 Å². The first-order valence-corrected chi connectivity index (χ1v) is 5.74. The number of halogens is 1. The first kappa shape index (κ1) is 11.6. The fourth-order valence-electron chi connectivity index (χ4n) is 1.68. The van der Waals surface area contributed by atoms with E-state index in [1.807, 2.05) is 0 Å². The van der Waals surface area contributed by atoms with Gasteiger partial charge in [-0.1, -0.05) is 11.6 Å². The Labute approximate surface area is 112 Å². The van der Waals surface area contributed by atoms with Crippen LogP contribution >= 0.6 is 11.6 Å². The summed E-state index contributed by atoms with van der Waals surface area (Å²) >= 11 is 5.82. The summed E-state index contributed by atoms with van der Waals surface area (Å²) in [6.07, 6.45) is 0. The zero-order valence-corrected chi connectivity index (χ0v) is 10.2.